The van der Waals surface area contributed by atoms with Crippen molar-refractivity contribution in [3.8, 4) is 0 Å². The summed E-state index contributed by atoms with van der Waals surface area (Å²) in [6.07, 6.45) is 1.67. The zero-order chi connectivity index (χ0) is 17.6. The van der Waals surface area contributed by atoms with Crippen LogP contribution in [-0.4, -0.2) is 64.9 Å². The molecule has 1 aromatic heterocycles. The fraction of sp³-hybridized carbons (Fsp3) is 0.421. The quantitative estimate of drug-likeness (QED) is 0.837. The molecule has 132 valence electrons. The second-order valence-electron chi connectivity index (χ2n) is 6.05. The average Bonchev–Trinajstić information content (AvgIpc) is 2.69. The van der Waals surface area contributed by atoms with Crippen LogP contribution in [0.2, 0.25) is 0 Å². The first-order valence-electron chi connectivity index (χ1n) is 8.90. The zero-order valence-electron chi connectivity index (χ0n) is 14.9. The second-order valence-corrected chi connectivity index (χ2v) is 6.05. The number of hydrogen-bond acceptors (Lipinski definition) is 5. The van der Waals surface area contributed by atoms with E-state index in [0.29, 0.717) is 11.6 Å². The monoisotopic (exact) mass is 339 g/mol. The van der Waals surface area contributed by atoms with Gasteiger partial charge in [-0.3, -0.25) is 4.79 Å². The Morgan fingerprint density at radius 2 is 1.80 bits per heavy atom. The fourth-order valence-corrected chi connectivity index (χ4v) is 3.07. The van der Waals surface area contributed by atoms with Crippen molar-refractivity contribution in [2.24, 2.45) is 0 Å². The van der Waals surface area contributed by atoms with E-state index in [1.54, 1.807) is 12.3 Å². The number of anilines is 2. The van der Waals surface area contributed by atoms with Gasteiger partial charge in [0.05, 0.1) is 0 Å². The van der Waals surface area contributed by atoms with Crippen LogP contribution in [0, 0.1) is 0 Å². The Morgan fingerprint density at radius 3 is 2.44 bits per heavy atom. The van der Waals surface area contributed by atoms with Crippen molar-refractivity contribution in [1.82, 2.24) is 19.8 Å². The highest BCUT2D eigenvalue weighted by Gasteiger charge is 2.23. The third kappa shape index (κ3) is 3.96. The van der Waals surface area contributed by atoms with Crippen molar-refractivity contribution >= 4 is 17.5 Å². The molecule has 0 aliphatic carbocycles. The number of piperazine rings is 1. The van der Waals surface area contributed by atoms with Crippen molar-refractivity contribution in [1.29, 1.82) is 0 Å². The summed E-state index contributed by atoms with van der Waals surface area (Å²) in [5.41, 5.74) is 1.48. The maximum Gasteiger partial charge on any atom is 0.272 e. The highest BCUT2D eigenvalue weighted by atomic mass is 16.2. The molecule has 6 heteroatoms. The highest BCUT2D eigenvalue weighted by molar-refractivity contribution is 5.92. The molecule has 0 spiro atoms. The third-order valence-corrected chi connectivity index (χ3v) is 4.59. The van der Waals surface area contributed by atoms with E-state index < -0.39 is 0 Å². The van der Waals surface area contributed by atoms with E-state index in [1.807, 2.05) is 40.1 Å². The number of aromatic nitrogens is 2. The molecule has 0 atom stereocenters. The van der Waals surface area contributed by atoms with Gasteiger partial charge in [-0.2, -0.15) is 0 Å². The van der Waals surface area contributed by atoms with E-state index in [-0.39, 0.29) is 5.91 Å². The Bertz CT molecular complexity index is 698. The lowest BCUT2D eigenvalue weighted by Crippen LogP contribution is -2.48. The number of amides is 1. The SMILES string of the molecule is CCN1CCN(C(=O)c2ccnc(N(CC)c3ccccc3)n2)CC1. The van der Waals surface area contributed by atoms with Gasteiger partial charge in [0.2, 0.25) is 5.95 Å². The summed E-state index contributed by atoms with van der Waals surface area (Å²) in [7, 11) is 0. The van der Waals surface area contributed by atoms with Crippen molar-refractivity contribution in [3.05, 3.63) is 48.3 Å². The number of nitrogens with zero attached hydrogens (tertiary/aromatic N) is 5. The topological polar surface area (TPSA) is 52.6 Å². The minimum atomic E-state index is -0.0106. The van der Waals surface area contributed by atoms with E-state index in [4.69, 9.17) is 0 Å². The van der Waals surface area contributed by atoms with Gasteiger partial charge in [0.15, 0.2) is 0 Å². The molecule has 1 fully saturated rings. The molecule has 3 rings (SSSR count). The Morgan fingerprint density at radius 1 is 1.08 bits per heavy atom. The molecule has 0 radical (unpaired) electrons. The normalized spacial score (nSPS) is 15.2. The fourth-order valence-electron chi connectivity index (χ4n) is 3.07. The van der Waals surface area contributed by atoms with Gasteiger partial charge in [0, 0.05) is 44.6 Å². The maximum absolute atomic E-state index is 12.8. The molecule has 0 saturated carbocycles. The Labute approximate surface area is 149 Å². The average molecular weight is 339 g/mol. The number of benzene rings is 1. The smallest absolute Gasteiger partial charge is 0.272 e. The summed E-state index contributed by atoms with van der Waals surface area (Å²) in [6, 6.07) is 11.7. The first-order valence-corrected chi connectivity index (χ1v) is 8.90. The molecule has 0 bridgehead atoms. The molecule has 2 aromatic rings. The number of rotatable bonds is 5. The van der Waals surface area contributed by atoms with Crippen LogP contribution in [0.5, 0.6) is 0 Å². The zero-order valence-corrected chi connectivity index (χ0v) is 14.9. The van der Waals surface area contributed by atoms with Gasteiger partial charge in [0.25, 0.3) is 5.91 Å². The van der Waals surface area contributed by atoms with Gasteiger partial charge in [-0.25, -0.2) is 9.97 Å². The molecule has 1 aliphatic heterocycles. The van der Waals surface area contributed by atoms with Crippen LogP contribution in [0.3, 0.4) is 0 Å². The van der Waals surface area contributed by atoms with Crippen LogP contribution in [0.1, 0.15) is 24.3 Å². The van der Waals surface area contributed by atoms with Gasteiger partial charge >= 0.3 is 0 Å². The third-order valence-electron chi connectivity index (χ3n) is 4.59. The van der Waals surface area contributed by atoms with Gasteiger partial charge in [-0.05, 0) is 31.7 Å². The lowest BCUT2D eigenvalue weighted by Gasteiger charge is -2.33. The van der Waals surface area contributed by atoms with Crippen LogP contribution in [0.15, 0.2) is 42.6 Å². The largest absolute Gasteiger partial charge is 0.335 e. The lowest BCUT2D eigenvalue weighted by atomic mass is 10.2. The van der Waals surface area contributed by atoms with Gasteiger partial charge < -0.3 is 14.7 Å². The molecule has 2 heterocycles. The summed E-state index contributed by atoms with van der Waals surface area (Å²) in [5.74, 6) is 0.551. The van der Waals surface area contributed by atoms with E-state index >= 15 is 0 Å². The van der Waals surface area contributed by atoms with Crippen molar-refractivity contribution in [3.63, 3.8) is 0 Å². The second kappa shape index (κ2) is 8.07. The van der Waals surface area contributed by atoms with Crippen molar-refractivity contribution < 1.29 is 4.79 Å². The molecule has 1 saturated heterocycles. The predicted molar refractivity (Wildman–Crippen MR) is 99.2 cm³/mol. The van der Waals surface area contributed by atoms with E-state index in [0.717, 1.165) is 45.0 Å². The molecular formula is C19H25N5O. The van der Waals surface area contributed by atoms with E-state index in [2.05, 4.69) is 28.7 Å². The molecule has 0 unspecified atom stereocenters. The number of carbonyl (C=O) groups is 1. The molecular weight excluding hydrogens is 314 g/mol. The van der Waals surface area contributed by atoms with Crippen LogP contribution >= 0.6 is 0 Å². The standard InChI is InChI=1S/C19H25N5O/c1-3-22-12-14-23(15-13-22)18(25)17-10-11-20-19(21-17)24(4-2)16-8-6-5-7-9-16/h5-11H,3-4,12-15H2,1-2H3. The lowest BCUT2D eigenvalue weighted by molar-refractivity contribution is 0.0637. The van der Waals surface area contributed by atoms with Crippen LogP contribution < -0.4 is 4.90 Å². The summed E-state index contributed by atoms with van der Waals surface area (Å²) < 4.78 is 0. The van der Waals surface area contributed by atoms with Gasteiger partial charge in [0.1, 0.15) is 5.69 Å². The summed E-state index contributed by atoms with van der Waals surface area (Å²) in [5, 5.41) is 0. The molecule has 25 heavy (non-hydrogen) atoms. The first-order chi connectivity index (χ1) is 12.2. The van der Waals surface area contributed by atoms with E-state index in [9.17, 15) is 4.79 Å². The van der Waals surface area contributed by atoms with Crippen molar-refractivity contribution in [2.45, 2.75) is 13.8 Å². The minimum Gasteiger partial charge on any atom is -0.335 e. The van der Waals surface area contributed by atoms with Gasteiger partial charge in [-0.15, -0.1) is 0 Å². The van der Waals surface area contributed by atoms with Crippen LogP contribution in [0.25, 0.3) is 0 Å². The first kappa shape index (κ1) is 17.4. The predicted octanol–water partition coefficient (Wildman–Crippen LogP) is 2.41. The van der Waals surface area contributed by atoms with Gasteiger partial charge in [-0.1, -0.05) is 25.1 Å². The highest BCUT2D eigenvalue weighted by Crippen LogP contribution is 2.21. The van der Waals surface area contributed by atoms with E-state index in [1.165, 1.54) is 0 Å². The molecule has 1 aromatic carbocycles. The summed E-state index contributed by atoms with van der Waals surface area (Å²) in [6.45, 7) is 9.31. The number of carbonyl (C=O) groups excluding carboxylic acids is 1. The Hall–Kier alpha value is -2.47. The number of likely N-dealkylation sites (N-methyl/N-ethyl adjacent to an activating group) is 1. The summed E-state index contributed by atoms with van der Waals surface area (Å²) >= 11 is 0. The minimum absolute atomic E-state index is 0.0106. The number of para-hydroxylation sites is 1. The number of hydrogen-bond donors (Lipinski definition) is 0. The van der Waals surface area contributed by atoms with Crippen LogP contribution in [0.4, 0.5) is 11.6 Å². The van der Waals surface area contributed by atoms with Crippen LogP contribution in [-0.2, 0) is 0 Å². The molecule has 6 nitrogen and oxygen atoms in total. The molecule has 0 N–H and O–H groups in total. The molecule has 1 amide bonds. The van der Waals surface area contributed by atoms with Crippen molar-refractivity contribution in [2.75, 3.05) is 44.2 Å². The summed E-state index contributed by atoms with van der Waals surface area (Å²) in [4.78, 5) is 28.0. The molecule has 1 aliphatic rings. The Balaban J connectivity index is 1.78. The Kier molecular flexibility index (Phi) is 5.60. The maximum atomic E-state index is 12.8.